The van der Waals surface area contributed by atoms with Crippen molar-refractivity contribution in [2.75, 3.05) is 7.11 Å². The second-order valence-corrected chi connectivity index (χ2v) is 4.03. The van der Waals surface area contributed by atoms with Gasteiger partial charge < -0.3 is 9.47 Å². The van der Waals surface area contributed by atoms with E-state index >= 15 is 0 Å². The molecule has 0 unspecified atom stereocenters. The van der Waals surface area contributed by atoms with Gasteiger partial charge in [-0.25, -0.2) is 0 Å². The highest BCUT2D eigenvalue weighted by Crippen LogP contribution is 2.39. The van der Waals surface area contributed by atoms with E-state index in [4.69, 9.17) is 21.1 Å². The number of hydrogen-bond acceptors (Lipinski definition) is 4. The van der Waals surface area contributed by atoms with E-state index in [-0.39, 0.29) is 16.5 Å². The maximum Gasteiger partial charge on any atom is 0.291 e. The number of nitrogens with zero attached hydrogens (tertiary/aromatic N) is 1. The van der Waals surface area contributed by atoms with Gasteiger partial charge in [0.1, 0.15) is 10.8 Å². The molecular formula is C13H10ClNO4. The Labute approximate surface area is 114 Å². The molecule has 6 heteroatoms. The number of nitro benzene ring substituents is 1. The van der Waals surface area contributed by atoms with Crippen molar-refractivity contribution in [3.63, 3.8) is 0 Å². The van der Waals surface area contributed by atoms with Crippen molar-refractivity contribution in [1.29, 1.82) is 0 Å². The quantitative estimate of drug-likeness (QED) is 0.626. The van der Waals surface area contributed by atoms with E-state index in [1.165, 1.54) is 19.2 Å². The van der Waals surface area contributed by atoms with Crippen molar-refractivity contribution in [1.82, 2.24) is 0 Å². The summed E-state index contributed by atoms with van der Waals surface area (Å²) in [6.07, 6.45) is 0. The highest BCUT2D eigenvalue weighted by Gasteiger charge is 2.18. The van der Waals surface area contributed by atoms with Crippen LogP contribution in [0.3, 0.4) is 0 Å². The standard InChI is InChI=1S/C13H10ClNO4/c1-18-12-8-11(15(16)17)10(14)7-13(12)19-9-5-3-2-4-6-9/h2-8H,1H3. The van der Waals surface area contributed by atoms with E-state index in [0.29, 0.717) is 11.5 Å². The van der Waals surface area contributed by atoms with Crippen LogP contribution in [0, 0.1) is 10.1 Å². The molecule has 98 valence electrons. The fraction of sp³-hybridized carbons (Fsp3) is 0.0769. The van der Waals surface area contributed by atoms with Gasteiger partial charge in [0.25, 0.3) is 5.69 Å². The molecule has 2 aromatic carbocycles. The molecule has 5 nitrogen and oxygen atoms in total. The Morgan fingerprint density at radius 2 is 1.84 bits per heavy atom. The van der Waals surface area contributed by atoms with Crippen LogP contribution in [0.25, 0.3) is 0 Å². The van der Waals surface area contributed by atoms with Crippen molar-refractivity contribution >= 4 is 17.3 Å². The molecule has 2 aromatic rings. The minimum absolute atomic E-state index is 0.00303. The summed E-state index contributed by atoms with van der Waals surface area (Å²) in [6.45, 7) is 0. The van der Waals surface area contributed by atoms with Crippen molar-refractivity contribution in [2.45, 2.75) is 0 Å². The van der Waals surface area contributed by atoms with Gasteiger partial charge in [0.05, 0.1) is 18.1 Å². The highest BCUT2D eigenvalue weighted by molar-refractivity contribution is 6.32. The molecule has 0 aliphatic carbocycles. The van der Waals surface area contributed by atoms with Crippen LogP contribution in [-0.4, -0.2) is 12.0 Å². The monoisotopic (exact) mass is 279 g/mol. The van der Waals surface area contributed by atoms with E-state index < -0.39 is 4.92 Å². The Balaban J connectivity index is 2.40. The Morgan fingerprint density at radius 1 is 1.16 bits per heavy atom. The summed E-state index contributed by atoms with van der Waals surface area (Å²) in [5.41, 5.74) is -0.223. The summed E-state index contributed by atoms with van der Waals surface area (Å²) < 4.78 is 10.7. The number of halogens is 1. The molecule has 0 saturated heterocycles. The van der Waals surface area contributed by atoms with Crippen molar-refractivity contribution in [2.24, 2.45) is 0 Å². The van der Waals surface area contributed by atoms with Crippen molar-refractivity contribution in [3.05, 3.63) is 57.6 Å². The summed E-state index contributed by atoms with van der Waals surface area (Å²) in [5, 5.41) is 10.8. The number of nitro groups is 1. The Kier molecular flexibility index (Phi) is 3.87. The molecule has 2 rings (SSSR count). The van der Waals surface area contributed by atoms with Crippen LogP contribution in [-0.2, 0) is 0 Å². The first kappa shape index (κ1) is 13.2. The van der Waals surface area contributed by atoms with E-state index in [9.17, 15) is 10.1 Å². The second-order valence-electron chi connectivity index (χ2n) is 3.63. The highest BCUT2D eigenvalue weighted by atomic mass is 35.5. The van der Waals surface area contributed by atoms with E-state index in [0.717, 1.165) is 0 Å². The van der Waals surface area contributed by atoms with Crippen molar-refractivity contribution in [3.8, 4) is 17.2 Å². The number of ether oxygens (including phenoxy) is 2. The van der Waals surface area contributed by atoms with Gasteiger partial charge in [-0.05, 0) is 12.1 Å². The molecule has 0 heterocycles. The lowest BCUT2D eigenvalue weighted by molar-refractivity contribution is -0.384. The third kappa shape index (κ3) is 2.95. The van der Waals surface area contributed by atoms with Gasteiger partial charge in [-0.15, -0.1) is 0 Å². The molecule has 19 heavy (non-hydrogen) atoms. The molecule has 0 atom stereocenters. The molecule has 0 aliphatic rings. The summed E-state index contributed by atoms with van der Waals surface area (Å²) in [5.74, 6) is 1.16. The van der Waals surface area contributed by atoms with Gasteiger partial charge >= 0.3 is 0 Å². The van der Waals surface area contributed by atoms with Crippen LogP contribution in [0.2, 0.25) is 5.02 Å². The molecule has 0 fully saturated rings. The predicted molar refractivity (Wildman–Crippen MR) is 71.2 cm³/mol. The first-order valence-electron chi connectivity index (χ1n) is 5.36. The zero-order chi connectivity index (χ0) is 13.8. The molecular weight excluding hydrogens is 270 g/mol. The average molecular weight is 280 g/mol. The molecule has 0 spiro atoms. The summed E-state index contributed by atoms with van der Waals surface area (Å²) in [6, 6.07) is 11.6. The molecule has 0 N–H and O–H groups in total. The first-order chi connectivity index (χ1) is 9.11. The first-order valence-corrected chi connectivity index (χ1v) is 5.74. The molecule has 0 amide bonds. The van der Waals surface area contributed by atoms with Gasteiger partial charge in [0.15, 0.2) is 11.5 Å². The zero-order valence-electron chi connectivity index (χ0n) is 10.00. The van der Waals surface area contributed by atoms with Crippen LogP contribution < -0.4 is 9.47 Å². The van der Waals surface area contributed by atoms with Gasteiger partial charge in [-0.1, -0.05) is 29.8 Å². The van der Waals surface area contributed by atoms with Crippen LogP contribution in [0.5, 0.6) is 17.2 Å². The third-order valence-corrected chi connectivity index (χ3v) is 2.70. The van der Waals surface area contributed by atoms with Crippen molar-refractivity contribution < 1.29 is 14.4 Å². The smallest absolute Gasteiger partial charge is 0.291 e. The van der Waals surface area contributed by atoms with E-state index in [1.807, 2.05) is 18.2 Å². The Morgan fingerprint density at radius 3 is 2.42 bits per heavy atom. The lowest BCUT2D eigenvalue weighted by Crippen LogP contribution is -1.94. The van der Waals surface area contributed by atoms with Gasteiger partial charge in [0.2, 0.25) is 0 Å². The number of methoxy groups -OCH3 is 1. The largest absolute Gasteiger partial charge is 0.493 e. The third-order valence-electron chi connectivity index (χ3n) is 2.40. The maximum atomic E-state index is 10.8. The summed E-state index contributed by atoms with van der Waals surface area (Å²) in [4.78, 5) is 10.2. The Bertz CT molecular complexity index is 601. The molecule has 0 bridgehead atoms. The van der Waals surface area contributed by atoms with Crippen LogP contribution >= 0.6 is 11.6 Å². The Hall–Kier alpha value is -2.27. The molecule has 0 aromatic heterocycles. The van der Waals surface area contributed by atoms with Gasteiger partial charge in [-0.2, -0.15) is 0 Å². The number of benzene rings is 2. The number of rotatable bonds is 4. The van der Waals surface area contributed by atoms with Gasteiger partial charge in [-0.3, -0.25) is 10.1 Å². The molecule has 0 aliphatic heterocycles. The van der Waals surface area contributed by atoms with Gasteiger partial charge in [0, 0.05) is 6.07 Å². The minimum Gasteiger partial charge on any atom is -0.493 e. The van der Waals surface area contributed by atoms with Crippen LogP contribution in [0.15, 0.2) is 42.5 Å². The topological polar surface area (TPSA) is 61.6 Å². The molecule has 0 saturated carbocycles. The fourth-order valence-electron chi connectivity index (χ4n) is 1.52. The zero-order valence-corrected chi connectivity index (χ0v) is 10.8. The van der Waals surface area contributed by atoms with Crippen LogP contribution in [0.4, 0.5) is 5.69 Å². The lowest BCUT2D eigenvalue weighted by Gasteiger charge is -2.10. The predicted octanol–water partition coefficient (Wildman–Crippen LogP) is 4.05. The number of hydrogen-bond donors (Lipinski definition) is 0. The molecule has 0 radical (unpaired) electrons. The second kappa shape index (κ2) is 5.58. The lowest BCUT2D eigenvalue weighted by atomic mass is 10.2. The number of para-hydroxylation sites is 1. The summed E-state index contributed by atoms with van der Waals surface area (Å²) in [7, 11) is 1.41. The van der Waals surface area contributed by atoms with E-state index in [1.54, 1.807) is 12.1 Å². The maximum absolute atomic E-state index is 10.8. The SMILES string of the molecule is COc1cc([N+](=O)[O-])c(Cl)cc1Oc1ccccc1. The van der Waals surface area contributed by atoms with Crippen LogP contribution in [0.1, 0.15) is 0 Å². The minimum atomic E-state index is -0.572. The summed E-state index contributed by atoms with van der Waals surface area (Å²) >= 11 is 5.84. The normalized spacial score (nSPS) is 10.0. The van der Waals surface area contributed by atoms with E-state index in [2.05, 4.69) is 0 Å². The fourth-order valence-corrected chi connectivity index (χ4v) is 1.74. The average Bonchev–Trinajstić information content (AvgIpc) is 2.39.